The monoisotopic (exact) mass is 377 g/mol. The summed E-state index contributed by atoms with van der Waals surface area (Å²) in [6, 6.07) is 9.29. The second-order valence-electron chi connectivity index (χ2n) is 7.57. The minimum absolute atomic E-state index is 0.0890. The number of likely N-dealkylation sites (N-methyl/N-ethyl adjacent to an activating group) is 1. The number of halogens is 2. The number of hydrogen-bond acceptors (Lipinski definition) is 5. The molecular weight excluding hydrogens is 360 g/mol. The lowest BCUT2D eigenvalue weighted by Gasteiger charge is -2.48. The van der Waals surface area contributed by atoms with Gasteiger partial charge in [-0.05, 0) is 37.6 Å². The molecule has 5 nitrogen and oxygen atoms in total. The Balaban J connectivity index is 2.11. The van der Waals surface area contributed by atoms with Crippen molar-refractivity contribution in [1.29, 1.82) is 15.8 Å². The highest BCUT2D eigenvalue weighted by Gasteiger charge is 2.59. The highest BCUT2D eigenvalue weighted by atomic mass is 19.1. The highest BCUT2D eigenvalue weighted by molar-refractivity contribution is 5.60. The van der Waals surface area contributed by atoms with E-state index in [1.165, 1.54) is 6.07 Å². The van der Waals surface area contributed by atoms with Crippen LogP contribution in [0.1, 0.15) is 24.3 Å². The van der Waals surface area contributed by atoms with Crippen molar-refractivity contribution in [2.24, 2.45) is 17.1 Å². The standard InChI is InChI=1S/C21H17F2N5/c1-28-11-5-6-16(28)17-12(7-11)13(8-24)20(27)21(9-25,10-26)19(17)18-14(22)3-2-4-15(18)23/h2-4,7,11,16-17,19H,5-6,27H2,1H3/t11-,16-,17+,19-/m1/s1. The van der Waals surface area contributed by atoms with E-state index in [2.05, 4.69) is 4.90 Å². The van der Waals surface area contributed by atoms with Crippen molar-refractivity contribution in [3.63, 3.8) is 0 Å². The van der Waals surface area contributed by atoms with Gasteiger partial charge in [0, 0.05) is 29.5 Å². The van der Waals surface area contributed by atoms with Crippen LogP contribution in [0.4, 0.5) is 8.78 Å². The summed E-state index contributed by atoms with van der Waals surface area (Å²) in [6.07, 6.45) is 3.48. The number of nitrogens with two attached hydrogens (primary N) is 1. The Morgan fingerprint density at radius 1 is 1.14 bits per heavy atom. The van der Waals surface area contributed by atoms with Gasteiger partial charge in [-0.15, -0.1) is 0 Å². The molecule has 4 atom stereocenters. The Bertz CT molecular complexity index is 1020. The molecule has 7 heteroatoms. The number of rotatable bonds is 1. The summed E-state index contributed by atoms with van der Waals surface area (Å²) in [5.74, 6) is -3.39. The molecule has 140 valence electrons. The van der Waals surface area contributed by atoms with Crippen LogP contribution in [0.2, 0.25) is 0 Å². The molecule has 0 amide bonds. The van der Waals surface area contributed by atoms with Crippen LogP contribution in [-0.4, -0.2) is 24.0 Å². The zero-order valence-corrected chi connectivity index (χ0v) is 15.2. The second kappa shape index (κ2) is 6.16. The third-order valence-corrected chi connectivity index (χ3v) is 6.53. The molecule has 2 N–H and O–H groups in total. The smallest absolute Gasteiger partial charge is 0.191 e. The van der Waals surface area contributed by atoms with Crippen LogP contribution in [0.25, 0.3) is 0 Å². The largest absolute Gasteiger partial charge is 0.399 e. The Labute approximate surface area is 161 Å². The fourth-order valence-corrected chi connectivity index (χ4v) is 5.21. The second-order valence-corrected chi connectivity index (χ2v) is 7.57. The van der Waals surface area contributed by atoms with Gasteiger partial charge in [-0.1, -0.05) is 12.1 Å². The van der Waals surface area contributed by atoms with Crippen molar-refractivity contribution in [3.05, 3.63) is 58.3 Å². The van der Waals surface area contributed by atoms with Crippen molar-refractivity contribution in [1.82, 2.24) is 4.90 Å². The molecule has 2 heterocycles. The van der Waals surface area contributed by atoms with E-state index in [1.807, 2.05) is 31.3 Å². The van der Waals surface area contributed by atoms with E-state index in [1.54, 1.807) is 0 Å². The average Bonchev–Trinajstić information content (AvgIpc) is 2.91. The molecule has 4 rings (SSSR count). The zero-order valence-electron chi connectivity index (χ0n) is 15.2. The number of benzene rings is 1. The van der Waals surface area contributed by atoms with E-state index in [0.717, 1.165) is 25.0 Å². The molecule has 2 bridgehead atoms. The Morgan fingerprint density at radius 2 is 1.79 bits per heavy atom. The Kier molecular flexibility index (Phi) is 4.00. The fraction of sp³-hybridized carbons (Fsp3) is 0.381. The summed E-state index contributed by atoms with van der Waals surface area (Å²) in [4.78, 5) is 2.09. The lowest BCUT2D eigenvalue weighted by molar-refractivity contribution is 0.157. The summed E-state index contributed by atoms with van der Waals surface area (Å²) >= 11 is 0. The number of allylic oxidation sites excluding steroid dienone is 2. The van der Waals surface area contributed by atoms with Crippen LogP contribution in [0, 0.1) is 57.0 Å². The maximum absolute atomic E-state index is 14.8. The normalized spacial score (nSPS) is 30.6. The predicted octanol–water partition coefficient (Wildman–Crippen LogP) is 2.85. The van der Waals surface area contributed by atoms with Gasteiger partial charge in [-0.25, -0.2) is 8.78 Å². The molecule has 0 unspecified atom stereocenters. The molecule has 0 saturated carbocycles. The molecule has 0 aromatic heterocycles. The van der Waals surface area contributed by atoms with E-state index >= 15 is 0 Å². The van der Waals surface area contributed by atoms with Crippen molar-refractivity contribution >= 4 is 0 Å². The first-order valence-corrected chi connectivity index (χ1v) is 9.02. The van der Waals surface area contributed by atoms with Crippen molar-refractivity contribution in [2.45, 2.75) is 30.8 Å². The first-order valence-electron chi connectivity index (χ1n) is 9.02. The summed E-state index contributed by atoms with van der Waals surface area (Å²) in [7, 11) is 1.92. The molecule has 28 heavy (non-hydrogen) atoms. The molecule has 2 aliphatic heterocycles. The molecule has 3 aliphatic rings. The van der Waals surface area contributed by atoms with Gasteiger partial charge in [0.2, 0.25) is 0 Å². The maximum atomic E-state index is 14.8. The quantitative estimate of drug-likeness (QED) is 0.811. The van der Waals surface area contributed by atoms with Crippen LogP contribution in [0.15, 0.2) is 41.1 Å². The SMILES string of the molecule is CN1[C@@H]2CC[C@@H]1C=C1C(C#N)=C(N)C(C#N)(C#N)[C@@H](c3c(F)cccc3F)[C@@H]12. The van der Waals surface area contributed by atoms with Crippen molar-refractivity contribution in [2.75, 3.05) is 7.05 Å². The lowest BCUT2D eigenvalue weighted by atomic mass is 9.56. The molecule has 1 aromatic rings. The highest BCUT2D eigenvalue weighted by Crippen LogP contribution is 2.58. The zero-order chi connectivity index (χ0) is 20.2. The molecular formula is C21H17F2N5. The molecule has 1 fully saturated rings. The minimum atomic E-state index is -2.04. The van der Waals surface area contributed by atoms with Gasteiger partial charge >= 0.3 is 0 Å². The number of nitriles is 3. The van der Waals surface area contributed by atoms with E-state index in [0.29, 0.717) is 5.57 Å². The fourth-order valence-electron chi connectivity index (χ4n) is 5.21. The Hall–Kier alpha value is -3.21. The average molecular weight is 377 g/mol. The summed E-state index contributed by atoms with van der Waals surface area (Å²) in [6.45, 7) is 0. The van der Waals surface area contributed by atoms with E-state index in [9.17, 15) is 24.6 Å². The minimum Gasteiger partial charge on any atom is -0.399 e. The molecule has 1 aromatic carbocycles. The van der Waals surface area contributed by atoms with Gasteiger partial charge in [0.25, 0.3) is 0 Å². The van der Waals surface area contributed by atoms with Crippen LogP contribution in [-0.2, 0) is 0 Å². The number of fused-ring (bicyclic) bond motifs is 4. The summed E-state index contributed by atoms with van der Waals surface area (Å²) in [5, 5.41) is 29.7. The predicted molar refractivity (Wildman–Crippen MR) is 95.7 cm³/mol. The van der Waals surface area contributed by atoms with Crippen LogP contribution in [0.5, 0.6) is 0 Å². The van der Waals surface area contributed by atoms with Gasteiger partial charge in [0.1, 0.15) is 17.7 Å². The first-order chi connectivity index (χ1) is 13.4. The van der Waals surface area contributed by atoms with Gasteiger partial charge in [0.05, 0.1) is 23.4 Å². The van der Waals surface area contributed by atoms with Gasteiger partial charge in [-0.2, -0.15) is 15.8 Å². The van der Waals surface area contributed by atoms with Crippen LogP contribution >= 0.6 is 0 Å². The Morgan fingerprint density at radius 3 is 2.36 bits per heavy atom. The number of hydrogen-bond donors (Lipinski definition) is 1. The topological polar surface area (TPSA) is 101 Å². The molecule has 0 radical (unpaired) electrons. The number of nitrogens with zero attached hydrogens (tertiary/aromatic N) is 4. The molecule has 0 spiro atoms. The van der Waals surface area contributed by atoms with Crippen LogP contribution < -0.4 is 5.73 Å². The third-order valence-electron chi connectivity index (χ3n) is 6.53. The van der Waals surface area contributed by atoms with Gasteiger partial charge in [0.15, 0.2) is 5.41 Å². The van der Waals surface area contributed by atoms with Gasteiger partial charge in [-0.3, -0.25) is 4.90 Å². The summed E-state index contributed by atoms with van der Waals surface area (Å²) in [5.41, 5.74) is 4.29. The first kappa shape index (κ1) is 18.2. The molecule has 1 aliphatic carbocycles. The molecule has 1 saturated heterocycles. The van der Waals surface area contributed by atoms with Crippen molar-refractivity contribution in [3.8, 4) is 18.2 Å². The van der Waals surface area contributed by atoms with E-state index < -0.39 is 28.9 Å². The lowest BCUT2D eigenvalue weighted by Crippen LogP contribution is -2.51. The van der Waals surface area contributed by atoms with E-state index in [-0.39, 0.29) is 28.9 Å². The summed E-state index contributed by atoms with van der Waals surface area (Å²) < 4.78 is 29.7. The van der Waals surface area contributed by atoms with E-state index in [4.69, 9.17) is 5.73 Å². The van der Waals surface area contributed by atoms with Gasteiger partial charge < -0.3 is 5.73 Å². The third kappa shape index (κ3) is 2.10. The van der Waals surface area contributed by atoms with Crippen molar-refractivity contribution < 1.29 is 8.78 Å². The van der Waals surface area contributed by atoms with Crippen LogP contribution in [0.3, 0.4) is 0 Å². The maximum Gasteiger partial charge on any atom is 0.191 e.